The highest BCUT2D eigenvalue weighted by Gasteiger charge is 2.08. The van der Waals surface area contributed by atoms with Crippen molar-refractivity contribution >= 4 is 0 Å². The maximum absolute atomic E-state index is 5.32. The number of nitrogens with zero attached hydrogens (tertiary/aromatic N) is 1. The molecule has 0 aliphatic heterocycles. The Morgan fingerprint density at radius 2 is 2.54 bits per heavy atom. The molecule has 0 atom stereocenters. The summed E-state index contributed by atoms with van der Waals surface area (Å²) in [6.07, 6.45) is 5.16. The molecule has 2 aromatic rings. The zero-order chi connectivity index (χ0) is 9.10. The normalized spacial score (nSPS) is 10.5. The average molecular weight is 178 g/mol. The van der Waals surface area contributed by atoms with Crippen molar-refractivity contribution < 1.29 is 9.15 Å². The number of aromatic nitrogens is 2. The fourth-order valence-corrected chi connectivity index (χ4v) is 1.23. The molecule has 0 spiro atoms. The Bertz CT molecular complexity index is 365. The minimum absolute atomic E-state index is 0.553. The Morgan fingerprint density at radius 1 is 1.62 bits per heavy atom. The van der Waals surface area contributed by atoms with E-state index in [1.807, 2.05) is 6.07 Å². The summed E-state index contributed by atoms with van der Waals surface area (Å²) in [6, 6.07) is 1.89. The smallest absolute Gasteiger partial charge is 0.142 e. The molecular formula is C9H10N2O2. The summed E-state index contributed by atoms with van der Waals surface area (Å²) >= 11 is 0. The predicted molar refractivity (Wildman–Crippen MR) is 47.0 cm³/mol. The van der Waals surface area contributed by atoms with Crippen LogP contribution in [0.15, 0.2) is 29.1 Å². The Hall–Kier alpha value is -1.55. The van der Waals surface area contributed by atoms with E-state index in [9.17, 15) is 0 Å². The van der Waals surface area contributed by atoms with E-state index in [0.717, 1.165) is 16.9 Å². The zero-order valence-corrected chi connectivity index (χ0v) is 7.28. The monoisotopic (exact) mass is 178 g/mol. The van der Waals surface area contributed by atoms with Crippen molar-refractivity contribution in [2.75, 3.05) is 7.11 Å². The van der Waals surface area contributed by atoms with Crippen molar-refractivity contribution in [2.45, 2.75) is 6.61 Å². The number of nitrogens with one attached hydrogen (secondary N) is 1. The molecule has 13 heavy (non-hydrogen) atoms. The molecule has 0 aliphatic carbocycles. The van der Waals surface area contributed by atoms with Gasteiger partial charge in [-0.25, -0.2) is 0 Å². The third-order valence-electron chi connectivity index (χ3n) is 1.81. The fourth-order valence-electron chi connectivity index (χ4n) is 1.23. The lowest BCUT2D eigenvalue weighted by atomic mass is 10.2. The summed E-state index contributed by atoms with van der Waals surface area (Å²) in [5.41, 5.74) is 1.97. The number of furan rings is 1. The van der Waals surface area contributed by atoms with E-state index in [2.05, 4.69) is 10.2 Å². The first kappa shape index (κ1) is 8.07. The van der Waals surface area contributed by atoms with Gasteiger partial charge in [0.1, 0.15) is 5.76 Å². The zero-order valence-electron chi connectivity index (χ0n) is 7.28. The van der Waals surface area contributed by atoms with Crippen molar-refractivity contribution in [3.63, 3.8) is 0 Å². The summed E-state index contributed by atoms with van der Waals surface area (Å²) in [4.78, 5) is 0. The van der Waals surface area contributed by atoms with Crippen LogP contribution in [0.3, 0.4) is 0 Å². The molecule has 4 nitrogen and oxygen atoms in total. The Balaban J connectivity index is 2.35. The van der Waals surface area contributed by atoms with Crippen LogP contribution in [-0.4, -0.2) is 17.3 Å². The maximum Gasteiger partial charge on any atom is 0.142 e. The Labute approximate surface area is 75.5 Å². The molecule has 1 N–H and O–H groups in total. The number of hydrogen-bond donors (Lipinski definition) is 1. The van der Waals surface area contributed by atoms with Crippen LogP contribution < -0.4 is 0 Å². The molecule has 0 amide bonds. The van der Waals surface area contributed by atoms with Gasteiger partial charge in [0.15, 0.2) is 0 Å². The number of rotatable bonds is 3. The molecule has 0 fully saturated rings. The van der Waals surface area contributed by atoms with Crippen LogP contribution in [0.25, 0.3) is 11.3 Å². The van der Waals surface area contributed by atoms with Crippen molar-refractivity contribution in [1.29, 1.82) is 0 Å². The van der Waals surface area contributed by atoms with Gasteiger partial charge in [-0.15, -0.1) is 0 Å². The van der Waals surface area contributed by atoms with Crippen molar-refractivity contribution in [3.05, 3.63) is 30.3 Å². The van der Waals surface area contributed by atoms with Crippen LogP contribution in [0.1, 0.15) is 5.56 Å². The van der Waals surface area contributed by atoms with E-state index in [4.69, 9.17) is 9.15 Å². The highest BCUT2D eigenvalue weighted by atomic mass is 16.5. The second kappa shape index (κ2) is 3.45. The SMILES string of the molecule is COCc1ccoc1-c1cn[nH]c1. The van der Waals surface area contributed by atoms with E-state index < -0.39 is 0 Å². The van der Waals surface area contributed by atoms with Crippen LogP contribution >= 0.6 is 0 Å². The molecule has 68 valence electrons. The molecule has 0 saturated carbocycles. The third-order valence-corrected chi connectivity index (χ3v) is 1.81. The van der Waals surface area contributed by atoms with Gasteiger partial charge in [0.05, 0.1) is 24.6 Å². The van der Waals surface area contributed by atoms with Crippen molar-refractivity contribution in [1.82, 2.24) is 10.2 Å². The van der Waals surface area contributed by atoms with Gasteiger partial charge in [-0.2, -0.15) is 5.10 Å². The van der Waals surface area contributed by atoms with E-state index in [0.29, 0.717) is 6.61 Å². The molecule has 0 radical (unpaired) electrons. The number of aromatic amines is 1. The van der Waals surface area contributed by atoms with Gasteiger partial charge in [-0.3, -0.25) is 5.10 Å². The van der Waals surface area contributed by atoms with Crippen LogP contribution in [-0.2, 0) is 11.3 Å². The van der Waals surface area contributed by atoms with Gasteiger partial charge in [-0.1, -0.05) is 0 Å². The summed E-state index contributed by atoms with van der Waals surface area (Å²) in [7, 11) is 1.66. The van der Waals surface area contributed by atoms with Crippen LogP contribution in [0.2, 0.25) is 0 Å². The lowest BCUT2D eigenvalue weighted by Crippen LogP contribution is -1.86. The molecule has 0 saturated heterocycles. The van der Waals surface area contributed by atoms with Crippen LogP contribution in [0.5, 0.6) is 0 Å². The number of H-pyrrole nitrogens is 1. The predicted octanol–water partition coefficient (Wildman–Crippen LogP) is 1.82. The largest absolute Gasteiger partial charge is 0.464 e. The van der Waals surface area contributed by atoms with Crippen LogP contribution in [0.4, 0.5) is 0 Å². The second-order valence-electron chi connectivity index (χ2n) is 2.69. The molecular weight excluding hydrogens is 168 g/mol. The average Bonchev–Trinajstić information content (AvgIpc) is 2.71. The van der Waals surface area contributed by atoms with Gasteiger partial charge in [0.2, 0.25) is 0 Å². The molecule has 0 aliphatic rings. The topological polar surface area (TPSA) is 51.1 Å². The summed E-state index contributed by atoms with van der Waals surface area (Å²) < 4.78 is 10.4. The highest BCUT2D eigenvalue weighted by Crippen LogP contribution is 2.23. The third kappa shape index (κ3) is 1.48. The quantitative estimate of drug-likeness (QED) is 0.779. The minimum Gasteiger partial charge on any atom is -0.464 e. The molecule has 4 heteroatoms. The van der Waals surface area contributed by atoms with Gasteiger partial charge in [0, 0.05) is 18.9 Å². The standard InChI is InChI=1S/C9H10N2O2/c1-12-6-7-2-3-13-9(7)8-4-10-11-5-8/h2-5H,6H2,1H3,(H,10,11). The fraction of sp³-hybridized carbons (Fsp3) is 0.222. The molecule has 0 aromatic carbocycles. The van der Waals surface area contributed by atoms with Gasteiger partial charge in [-0.05, 0) is 6.07 Å². The first-order valence-corrected chi connectivity index (χ1v) is 3.96. The summed E-state index contributed by atoms with van der Waals surface area (Å²) in [5.74, 6) is 0.815. The van der Waals surface area contributed by atoms with Crippen molar-refractivity contribution in [3.8, 4) is 11.3 Å². The van der Waals surface area contributed by atoms with E-state index in [1.54, 1.807) is 25.8 Å². The van der Waals surface area contributed by atoms with E-state index in [-0.39, 0.29) is 0 Å². The molecule has 2 aromatic heterocycles. The first-order valence-electron chi connectivity index (χ1n) is 3.96. The molecule has 2 heterocycles. The molecule has 0 unspecified atom stereocenters. The maximum atomic E-state index is 5.32. The van der Waals surface area contributed by atoms with Gasteiger partial charge < -0.3 is 9.15 Å². The highest BCUT2D eigenvalue weighted by molar-refractivity contribution is 5.58. The number of ether oxygens (including phenoxy) is 1. The van der Waals surface area contributed by atoms with Gasteiger partial charge in [0.25, 0.3) is 0 Å². The second-order valence-corrected chi connectivity index (χ2v) is 2.69. The van der Waals surface area contributed by atoms with E-state index >= 15 is 0 Å². The molecule has 0 bridgehead atoms. The number of methoxy groups -OCH3 is 1. The Kier molecular flexibility index (Phi) is 2.14. The first-order chi connectivity index (χ1) is 6.42. The molecule has 2 rings (SSSR count). The van der Waals surface area contributed by atoms with Gasteiger partial charge >= 0.3 is 0 Å². The summed E-state index contributed by atoms with van der Waals surface area (Å²) in [5, 5.41) is 6.59. The lowest BCUT2D eigenvalue weighted by Gasteiger charge is -1.97. The van der Waals surface area contributed by atoms with Crippen LogP contribution in [0, 0.1) is 0 Å². The Morgan fingerprint density at radius 3 is 3.23 bits per heavy atom. The number of hydrogen-bond acceptors (Lipinski definition) is 3. The van der Waals surface area contributed by atoms with Crippen molar-refractivity contribution in [2.24, 2.45) is 0 Å². The minimum atomic E-state index is 0.553. The summed E-state index contributed by atoms with van der Waals surface area (Å²) in [6.45, 7) is 0.553. The lowest BCUT2D eigenvalue weighted by molar-refractivity contribution is 0.185. The van der Waals surface area contributed by atoms with E-state index in [1.165, 1.54) is 0 Å².